The van der Waals surface area contributed by atoms with Crippen molar-refractivity contribution in [3.63, 3.8) is 0 Å². The van der Waals surface area contributed by atoms with Gasteiger partial charge in [-0.2, -0.15) is 5.10 Å². The van der Waals surface area contributed by atoms with Crippen LogP contribution in [-0.2, 0) is 0 Å². The molecule has 1 amide bonds. The Balaban J connectivity index is 1.78. The van der Waals surface area contributed by atoms with Gasteiger partial charge in [0.15, 0.2) is 0 Å². The fourth-order valence-electron chi connectivity index (χ4n) is 2.76. The number of aryl methyl sites for hydroxylation is 1. The largest absolute Gasteiger partial charge is 0.318 e. The summed E-state index contributed by atoms with van der Waals surface area (Å²) in [6.07, 6.45) is 1.66. The molecule has 0 saturated heterocycles. The number of hydrogen-bond donors (Lipinski definition) is 1. The van der Waals surface area contributed by atoms with Gasteiger partial charge in [-0.05, 0) is 62.4 Å². The highest BCUT2D eigenvalue weighted by Gasteiger charge is 2.10. The third-order valence-corrected chi connectivity index (χ3v) is 4.76. The smallest absolute Gasteiger partial charge is 0.271 e. The van der Waals surface area contributed by atoms with Gasteiger partial charge in [0.2, 0.25) is 0 Å². The number of amides is 1. The zero-order valence-corrected chi connectivity index (χ0v) is 16.7. The summed E-state index contributed by atoms with van der Waals surface area (Å²) in [6, 6.07) is 16.8. The van der Waals surface area contributed by atoms with Crippen LogP contribution in [0.3, 0.4) is 0 Å². The molecule has 26 heavy (non-hydrogen) atoms. The average Bonchev–Trinajstić information content (AvgIpc) is 2.89. The third kappa shape index (κ3) is 4.06. The normalized spacial score (nSPS) is 11.1. The highest BCUT2D eigenvalue weighted by molar-refractivity contribution is 9.10. The van der Waals surface area contributed by atoms with E-state index in [4.69, 9.17) is 11.6 Å². The first-order valence-corrected chi connectivity index (χ1v) is 9.16. The topological polar surface area (TPSA) is 46.4 Å². The van der Waals surface area contributed by atoms with Crippen molar-refractivity contribution >= 4 is 39.7 Å². The standard InChI is InChI=1S/C20H17BrClN3O/c1-13-10-16(14(2)25(13)19-5-3-4-17(21)11-19)12-23-24-20(26)15-6-8-18(22)9-7-15/h3-12H,1-2H3,(H,24,26)/b23-12-. The van der Waals surface area contributed by atoms with Crippen LogP contribution >= 0.6 is 27.5 Å². The molecule has 3 aromatic rings. The van der Waals surface area contributed by atoms with Crippen molar-refractivity contribution in [2.24, 2.45) is 5.10 Å². The molecular weight excluding hydrogens is 414 g/mol. The predicted octanol–water partition coefficient (Wildman–Crippen LogP) is 5.27. The Morgan fingerprint density at radius 2 is 1.88 bits per heavy atom. The van der Waals surface area contributed by atoms with Gasteiger partial charge in [0.05, 0.1) is 6.21 Å². The van der Waals surface area contributed by atoms with Crippen molar-refractivity contribution in [1.29, 1.82) is 0 Å². The molecular formula is C20H17BrClN3O. The number of nitrogens with zero attached hydrogens (tertiary/aromatic N) is 2. The Bertz CT molecular complexity index is 977. The van der Waals surface area contributed by atoms with E-state index in [1.165, 1.54) is 0 Å². The van der Waals surface area contributed by atoms with Gasteiger partial charge < -0.3 is 4.57 Å². The number of hydrazone groups is 1. The molecule has 6 heteroatoms. The summed E-state index contributed by atoms with van der Waals surface area (Å²) in [6.45, 7) is 4.06. The van der Waals surface area contributed by atoms with E-state index in [1.54, 1.807) is 30.5 Å². The number of rotatable bonds is 4. The van der Waals surface area contributed by atoms with E-state index in [0.717, 1.165) is 27.1 Å². The Morgan fingerprint density at radius 3 is 2.58 bits per heavy atom. The monoisotopic (exact) mass is 429 g/mol. The van der Waals surface area contributed by atoms with Crippen LogP contribution in [0, 0.1) is 13.8 Å². The van der Waals surface area contributed by atoms with Crippen molar-refractivity contribution in [3.8, 4) is 5.69 Å². The molecule has 0 spiro atoms. The number of benzene rings is 2. The van der Waals surface area contributed by atoms with E-state index in [9.17, 15) is 4.79 Å². The second-order valence-electron chi connectivity index (χ2n) is 5.85. The minimum absolute atomic E-state index is 0.279. The van der Waals surface area contributed by atoms with Crippen LogP contribution in [0.15, 0.2) is 64.2 Å². The minimum atomic E-state index is -0.279. The lowest BCUT2D eigenvalue weighted by atomic mass is 10.2. The zero-order chi connectivity index (χ0) is 18.7. The van der Waals surface area contributed by atoms with E-state index in [1.807, 2.05) is 38.1 Å². The number of aromatic nitrogens is 1. The number of hydrogen-bond acceptors (Lipinski definition) is 2. The molecule has 0 radical (unpaired) electrons. The van der Waals surface area contributed by atoms with Gasteiger partial charge >= 0.3 is 0 Å². The Kier molecular flexibility index (Phi) is 5.59. The van der Waals surface area contributed by atoms with Gasteiger partial charge in [-0.15, -0.1) is 0 Å². The molecule has 1 heterocycles. The van der Waals surface area contributed by atoms with Crippen LogP contribution in [0.25, 0.3) is 5.69 Å². The van der Waals surface area contributed by atoms with Gasteiger partial charge in [-0.3, -0.25) is 4.79 Å². The lowest BCUT2D eigenvalue weighted by molar-refractivity contribution is 0.0955. The number of halogens is 2. The Labute approximate surface area is 165 Å². The third-order valence-electron chi connectivity index (χ3n) is 4.01. The van der Waals surface area contributed by atoms with Crippen LogP contribution < -0.4 is 5.43 Å². The molecule has 0 aliphatic rings. The predicted molar refractivity (Wildman–Crippen MR) is 109 cm³/mol. The van der Waals surface area contributed by atoms with Crippen LogP contribution in [0.1, 0.15) is 27.3 Å². The summed E-state index contributed by atoms with van der Waals surface area (Å²) >= 11 is 9.33. The first-order valence-electron chi connectivity index (χ1n) is 7.99. The number of carbonyl (C=O) groups is 1. The average molecular weight is 431 g/mol. The first kappa shape index (κ1) is 18.4. The second-order valence-corrected chi connectivity index (χ2v) is 7.20. The number of nitrogens with one attached hydrogen (secondary N) is 1. The van der Waals surface area contributed by atoms with Gasteiger partial charge in [-0.1, -0.05) is 33.6 Å². The van der Waals surface area contributed by atoms with E-state index < -0.39 is 0 Å². The second kappa shape index (κ2) is 7.89. The molecule has 0 atom stereocenters. The van der Waals surface area contributed by atoms with Crippen molar-refractivity contribution < 1.29 is 4.79 Å². The maximum Gasteiger partial charge on any atom is 0.271 e. The molecule has 1 N–H and O–H groups in total. The number of carbonyl (C=O) groups excluding carboxylic acids is 1. The maximum absolute atomic E-state index is 12.1. The molecule has 0 saturated carbocycles. The Hall–Kier alpha value is -2.37. The lowest BCUT2D eigenvalue weighted by Gasteiger charge is -2.09. The summed E-state index contributed by atoms with van der Waals surface area (Å²) in [4.78, 5) is 12.1. The molecule has 0 bridgehead atoms. The SMILES string of the molecule is Cc1cc(/C=N\NC(=O)c2ccc(Cl)cc2)c(C)n1-c1cccc(Br)c1. The highest BCUT2D eigenvalue weighted by Crippen LogP contribution is 2.22. The molecule has 4 nitrogen and oxygen atoms in total. The lowest BCUT2D eigenvalue weighted by Crippen LogP contribution is -2.17. The van der Waals surface area contributed by atoms with Crippen LogP contribution in [0.4, 0.5) is 0 Å². The van der Waals surface area contributed by atoms with E-state index in [-0.39, 0.29) is 5.91 Å². The maximum atomic E-state index is 12.1. The minimum Gasteiger partial charge on any atom is -0.318 e. The molecule has 0 aliphatic carbocycles. The summed E-state index contributed by atoms with van der Waals surface area (Å²) in [5.41, 5.74) is 7.20. The highest BCUT2D eigenvalue weighted by atomic mass is 79.9. The summed E-state index contributed by atoms with van der Waals surface area (Å²) in [5, 5.41) is 4.67. The van der Waals surface area contributed by atoms with E-state index in [0.29, 0.717) is 10.6 Å². The van der Waals surface area contributed by atoms with Crippen LogP contribution in [-0.4, -0.2) is 16.7 Å². The van der Waals surface area contributed by atoms with Crippen molar-refractivity contribution in [1.82, 2.24) is 9.99 Å². The quantitative estimate of drug-likeness (QED) is 0.444. The molecule has 0 aliphatic heterocycles. The fraction of sp³-hybridized carbons (Fsp3) is 0.100. The van der Waals surface area contributed by atoms with Crippen molar-refractivity contribution in [3.05, 3.63) is 86.6 Å². The van der Waals surface area contributed by atoms with Gasteiger partial charge in [0, 0.05) is 37.7 Å². The molecule has 0 fully saturated rings. The van der Waals surface area contributed by atoms with E-state index in [2.05, 4.69) is 37.1 Å². The van der Waals surface area contributed by atoms with Gasteiger partial charge in [-0.25, -0.2) is 5.43 Å². The van der Waals surface area contributed by atoms with Crippen molar-refractivity contribution in [2.45, 2.75) is 13.8 Å². The van der Waals surface area contributed by atoms with Gasteiger partial charge in [0.25, 0.3) is 5.91 Å². The summed E-state index contributed by atoms with van der Waals surface area (Å²) in [5.74, 6) is -0.279. The molecule has 132 valence electrons. The molecule has 1 aromatic heterocycles. The van der Waals surface area contributed by atoms with Gasteiger partial charge in [0.1, 0.15) is 0 Å². The first-order chi connectivity index (χ1) is 12.5. The van der Waals surface area contributed by atoms with Crippen LogP contribution in [0.2, 0.25) is 5.02 Å². The van der Waals surface area contributed by atoms with Crippen LogP contribution in [0.5, 0.6) is 0 Å². The molecule has 3 rings (SSSR count). The Morgan fingerprint density at radius 1 is 1.15 bits per heavy atom. The molecule has 2 aromatic carbocycles. The summed E-state index contributed by atoms with van der Waals surface area (Å²) in [7, 11) is 0. The molecule has 0 unspecified atom stereocenters. The summed E-state index contributed by atoms with van der Waals surface area (Å²) < 4.78 is 3.17. The zero-order valence-electron chi connectivity index (χ0n) is 14.3. The van der Waals surface area contributed by atoms with E-state index >= 15 is 0 Å². The van der Waals surface area contributed by atoms with Crippen molar-refractivity contribution in [2.75, 3.05) is 0 Å². The fourth-order valence-corrected chi connectivity index (χ4v) is 3.27.